The molecule has 0 unspecified atom stereocenters. The standard InChI is InChI=1S/C9H18N6O2/c1-14-9(7-11-13-14)15(5-6-17-2)4-3-8(10)12-16/h7,16H,3-6H2,1-2H3,(H2,10,12). The van der Waals surface area contributed by atoms with Crippen molar-refractivity contribution in [3.8, 4) is 0 Å². The Balaban J connectivity index is 2.64. The number of nitrogens with zero attached hydrogens (tertiary/aromatic N) is 5. The third-order valence-corrected chi connectivity index (χ3v) is 2.35. The number of hydrogen-bond acceptors (Lipinski definition) is 6. The number of aromatic nitrogens is 3. The predicted octanol–water partition coefficient (Wildman–Crippen LogP) is -0.596. The van der Waals surface area contributed by atoms with Gasteiger partial charge in [-0.25, -0.2) is 4.68 Å². The fraction of sp³-hybridized carbons (Fsp3) is 0.667. The maximum atomic E-state index is 8.50. The first-order valence-corrected chi connectivity index (χ1v) is 5.24. The third-order valence-electron chi connectivity index (χ3n) is 2.35. The number of rotatable bonds is 7. The molecule has 0 aliphatic heterocycles. The molecule has 1 heterocycles. The van der Waals surface area contributed by atoms with E-state index in [-0.39, 0.29) is 5.84 Å². The summed E-state index contributed by atoms with van der Waals surface area (Å²) in [6.45, 7) is 1.89. The van der Waals surface area contributed by atoms with E-state index in [9.17, 15) is 0 Å². The number of anilines is 1. The van der Waals surface area contributed by atoms with Gasteiger partial charge < -0.3 is 20.6 Å². The van der Waals surface area contributed by atoms with E-state index < -0.39 is 0 Å². The quantitative estimate of drug-likeness (QED) is 0.286. The fourth-order valence-electron chi connectivity index (χ4n) is 1.41. The van der Waals surface area contributed by atoms with Gasteiger partial charge in [-0.05, 0) is 0 Å². The smallest absolute Gasteiger partial charge is 0.147 e. The molecule has 0 saturated heterocycles. The van der Waals surface area contributed by atoms with Gasteiger partial charge in [0.2, 0.25) is 0 Å². The zero-order valence-corrected chi connectivity index (χ0v) is 10.1. The molecule has 0 atom stereocenters. The van der Waals surface area contributed by atoms with Crippen molar-refractivity contribution in [3.05, 3.63) is 6.20 Å². The van der Waals surface area contributed by atoms with Gasteiger partial charge in [0.05, 0.1) is 12.8 Å². The highest BCUT2D eigenvalue weighted by molar-refractivity contribution is 5.80. The van der Waals surface area contributed by atoms with Crippen LogP contribution in [0.5, 0.6) is 0 Å². The van der Waals surface area contributed by atoms with Crippen molar-refractivity contribution in [2.75, 3.05) is 31.7 Å². The average molecular weight is 242 g/mol. The van der Waals surface area contributed by atoms with Crippen LogP contribution in [-0.2, 0) is 11.8 Å². The summed E-state index contributed by atoms with van der Waals surface area (Å²) in [5, 5.41) is 19.1. The molecule has 0 aliphatic carbocycles. The summed E-state index contributed by atoms with van der Waals surface area (Å²) in [6, 6.07) is 0. The highest BCUT2D eigenvalue weighted by Gasteiger charge is 2.11. The molecular formula is C9H18N6O2. The second-order valence-corrected chi connectivity index (χ2v) is 3.54. The summed E-state index contributed by atoms with van der Waals surface area (Å²) in [5.41, 5.74) is 5.45. The second-order valence-electron chi connectivity index (χ2n) is 3.54. The molecule has 0 saturated carbocycles. The minimum absolute atomic E-state index is 0.197. The van der Waals surface area contributed by atoms with Crippen molar-refractivity contribution in [3.63, 3.8) is 0 Å². The summed E-state index contributed by atoms with van der Waals surface area (Å²) in [6.07, 6.45) is 2.13. The van der Waals surface area contributed by atoms with Crippen molar-refractivity contribution in [1.29, 1.82) is 0 Å². The molecule has 1 aromatic rings. The number of hydrogen-bond donors (Lipinski definition) is 2. The van der Waals surface area contributed by atoms with E-state index in [2.05, 4.69) is 15.5 Å². The molecule has 0 aliphatic rings. The Labute approximate surface area is 99.6 Å². The van der Waals surface area contributed by atoms with Gasteiger partial charge in [0.15, 0.2) is 0 Å². The summed E-state index contributed by atoms with van der Waals surface area (Å²) < 4.78 is 6.71. The molecule has 1 rings (SSSR count). The van der Waals surface area contributed by atoms with E-state index >= 15 is 0 Å². The minimum Gasteiger partial charge on any atom is -0.409 e. The first kappa shape index (κ1) is 13.2. The van der Waals surface area contributed by atoms with Crippen LogP contribution < -0.4 is 10.6 Å². The molecule has 8 nitrogen and oxygen atoms in total. The molecule has 8 heteroatoms. The number of ether oxygens (including phenoxy) is 1. The SMILES string of the molecule is COCCN(CCC(N)=NO)c1cnnn1C. The Hall–Kier alpha value is -1.83. The van der Waals surface area contributed by atoms with Crippen LogP contribution in [-0.4, -0.2) is 52.8 Å². The number of methoxy groups -OCH3 is 1. The molecule has 0 radical (unpaired) electrons. The van der Waals surface area contributed by atoms with Crippen molar-refractivity contribution < 1.29 is 9.94 Å². The Morgan fingerprint density at radius 1 is 1.65 bits per heavy atom. The summed E-state index contributed by atoms with van der Waals surface area (Å²) in [5.74, 6) is 1.07. The first-order chi connectivity index (χ1) is 8.19. The summed E-state index contributed by atoms with van der Waals surface area (Å²) in [7, 11) is 3.45. The topological polar surface area (TPSA) is 102 Å². The Bertz CT molecular complexity index is 364. The molecule has 0 amide bonds. The molecule has 0 fully saturated rings. The average Bonchev–Trinajstić information content (AvgIpc) is 2.75. The van der Waals surface area contributed by atoms with Crippen LogP contribution in [0, 0.1) is 0 Å². The second kappa shape index (κ2) is 6.69. The lowest BCUT2D eigenvalue weighted by atomic mass is 10.3. The van der Waals surface area contributed by atoms with Gasteiger partial charge in [0.1, 0.15) is 11.7 Å². The monoisotopic (exact) mass is 242 g/mol. The zero-order valence-electron chi connectivity index (χ0n) is 10.1. The van der Waals surface area contributed by atoms with Crippen LogP contribution >= 0.6 is 0 Å². The normalized spacial score (nSPS) is 11.8. The van der Waals surface area contributed by atoms with E-state index in [4.69, 9.17) is 15.7 Å². The van der Waals surface area contributed by atoms with Crippen molar-refractivity contribution in [1.82, 2.24) is 15.0 Å². The predicted molar refractivity (Wildman–Crippen MR) is 63.1 cm³/mol. The molecule has 0 bridgehead atoms. The molecule has 1 aromatic heterocycles. The molecule has 3 N–H and O–H groups in total. The van der Waals surface area contributed by atoms with Crippen molar-refractivity contribution in [2.45, 2.75) is 6.42 Å². The van der Waals surface area contributed by atoms with Crippen LogP contribution in [0.3, 0.4) is 0 Å². The molecule has 0 spiro atoms. The summed E-state index contributed by atoms with van der Waals surface area (Å²) in [4.78, 5) is 2.02. The molecule has 96 valence electrons. The van der Waals surface area contributed by atoms with Crippen LogP contribution in [0.15, 0.2) is 11.4 Å². The van der Waals surface area contributed by atoms with Crippen LogP contribution in [0.25, 0.3) is 0 Å². The fourth-order valence-corrected chi connectivity index (χ4v) is 1.41. The largest absolute Gasteiger partial charge is 0.409 e. The maximum Gasteiger partial charge on any atom is 0.147 e. The Kier molecular flexibility index (Phi) is 5.21. The van der Waals surface area contributed by atoms with Gasteiger partial charge in [-0.3, -0.25) is 0 Å². The molecule has 0 aromatic carbocycles. The van der Waals surface area contributed by atoms with Gasteiger partial charge in [0.25, 0.3) is 0 Å². The van der Waals surface area contributed by atoms with Crippen molar-refractivity contribution in [2.24, 2.45) is 17.9 Å². The zero-order chi connectivity index (χ0) is 12.7. The van der Waals surface area contributed by atoms with E-state index in [1.807, 2.05) is 11.9 Å². The molecule has 17 heavy (non-hydrogen) atoms. The summed E-state index contributed by atoms with van der Waals surface area (Å²) >= 11 is 0. The van der Waals surface area contributed by atoms with E-state index in [0.717, 1.165) is 5.82 Å². The van der Waals surface area contributed by atoms with Crippen LogP contribution in [0.1, 0.15) is 6.42 Å². The van der Waals surface area contributed by atoms with Crippen LogP contribution in [0.4, 0.5) is 5.82 Å². The highest BCUT2D eigenvalue weighted by atomic mass is 16.5. The lowest BCUT2D eigenvalue weighted by Gasteiger charge is -2.23. The first-order valence-electron chi connectivity index (χ1n) is 5.24. The lowest BCUT2D eigenvalue weighted by molar-refractivity contribution is 0.205. The van der Waals surface area contributed by atoms with E-state index in [0.29, 0.717) is 26.1 Å². The number of nitrogens with two attached hydrogens (primary N) is 1. The van der Waals surface area contributed by atoms with E-state index in [1.165, 1.54) is 0 Å². The lowest BCUT2D eigenvalue weighted by Crippen LogP contribution is -2.32. The van der Waals surface area contributed by atoms with Crippen LogP contribution in [0.2, 0.25) is 0 Å². The minimum atomic E-state index is 0.197. The number of oxime groups is 1. The van der Waals surface area contributed by atoms with Gasteiger partial charge in [0, 0.05) is 33.7 Å². The Morgan fingerprint density at radius 3 is 2.94 bits per heavy atom. The van der Waals surface area contributed by atoms with Crippen molar-refractivity contribution >= 4 is 11.7 Å². The van der Waals surface area contributed by atoms with Gasteiger partial charge in [-0.2, -0.15) is 0 Å². The maximum absolute atomic E-state index is 8.50. The highest BCUT2D eigenvalue weighted by Crippen LogP contribution is 2.10. The van der Waals surface area contributed by atoms with Gasteiger partial charge in [-0.15, -0.1) is 5.10 Å². The Morgan fingerprint density at radius 2 is 2.41 bits per heavy atom. The van der Waals surface area contributed by atoms with Gasteiger partial charge in [-0.1, -0.05) is 10.4 Å². The number of amidine groups is 1. The molecular weight excluding hydrogens is 224 g/mol. The van der Waals surface area contributed by atoms with E-state index in [1.54, 1.807) is 18.0 Å². The number of aryl methyl sites for hydroxylation is 1. The third kappa shape index (κ3) is 3.91. The van der Waals surface area contributed by atoms with Gasteiger partial charge >= 0.3 is 0 Å².